The van der Waals surface area contributed by atoms with Crippen LogP contribution in [-0.2, 0) is 23.1 Å². The van der Waals surface area contributed by atoms with E-state index < -0.39 is 0 Å². The summed E-state index contributed by atoms with van der Waals surface area (Å²) in [6.07, 6.45) is 3.93. The Kier molecular flexibility index (Phi) is 3.84. The van der Waals surface area contributed by atoms with Gasteiger partial charge in [-0.05, 0) is 31.9 Å². The predicted octanol–water partition coefficient (Wildman–Crippen LogP) is 1.46. The second-order valence-electron chi connectivity index (χ2n) is 4.65. The van der Waals surface area contributed by atoms with Crippen molar-refractivity contribution in [1.29, 1.82) is 0 Å². The highest BCUT2D eigenvalue weighted by molar-refractivity contribution is 5.79. The van der Waals surface area contributed by atoms with Crippen molar-refractivity contribution >= 4 is 5.91 Å². The van der Waals surface area contributed by atoms with Crippen LogP contribution >= 0.6 is 0 Å². The Morgan fingerprint density at radius 2 is 2.47 bits per heavy atom. The maximum Gasteiger partial charge on any atom is 0.226 e. The highest BCUT2D eigenvalue weighted by atomic mass is 16.5. The zero-order valence-electron chi connectivity index (χ0n) is 10.5. The number of hydrogen-bond acceptors (Lipinski definition) is 2. The van der Waals surface area contributed by atoms with Crippen LogP contribution in [0.3, 0.4) is 0 Å². The Hall–Kier alpha value is -1.29. The second kappa shape index (κ2) is 5.36. The molecule has 4 heteroatoms. The van der Waals surface area contributed by atoms with Crippen molar-refractivity contribution in [1.82, 2.24) is 9.88 Å². The SMILES string of the molecule is CC1OCCCC1C(=O)NCc1cccn1C. The molecule has 0 saturated carbocycles. The van der Waals surface area contributed by atoms with Crippen molar-refractivity contribution in [3.8, 4) is 0 Å². The highest BCUT2D eigenvalue weighted by Crippen LogP contribution is 2.20. The molecule has 0 spiro atoms. The van der Waals surface area contributed by atoms with Gasteiger partial charge in [-0.15, -0.1) is 0 Å². The normalized spacial score (nSPS) is 24.6. The first-order valence-corrected chi connectivity index (χ1v) is 6.18. The number of hydrogen-bond donors (Lipinski definition) is 1. The summed E-state index contributed by atoms with van der Waals surface area (Å²) in [4.78, 5) is 12.0. The summed E-state index contributed by atoms with van der Waals surface area (Å²) >= 11 is 0. The monoisotopic (exact) mass is 236 g/mol. The van der Waals surface area contributed by atoms with Crippen molar-refractivity contribution in [2.45, 2.75) is 32.4 Å². The smallest absolute Gasteiger partial charge is 0.226 e. The molecule has 1 fully saturated rings. The van der Waals surface area contributed by atoms with Crippen molar-refractivity contribution in [3.05, 3.63) is 24.0 Å². The van der Waals surface area contributed by atoms with E-state index in [1.165, 1.54) is 0 Å². The molecule has 1 aliphatic heterocycles. The molecule has 2 heterocycles. The zero-order valence-corrected chi connectivity index (χ0v) is 10.5. The molecule has 1 amide bonds. The Morgan fingerprint density at radius 3 is 3.12 bits per heavy atom. The summed E-state index contributed by atoms with van der Waals surface area (Å²) in [6.45, 7) is 3.35. The molecule has 1 N–H and O–H groups in total. The van der Waals surface area contributed by atoms with Gasteiger partial charge in [0.25, 0.3) is 0 Å². The first-order chi connectivity index (χ1) is 8.18. The molecule has 1 aromatic heterocycles. The minimum atomic E-state index is 0.00372. The standard InChI is InChI=1S/C13H20N2O2/c1-10-12(6-4-8-17-10)13(16)14-9-11-5-3-7-15(11)2/h3,5,7,10,12H,4,6,8-9H2,1-2H3,(H,14,16). The lowest BCUT2D eigenvalue weighted by atomic mass is 9.94. The Bertz CT molecular complexity index is 387. The number of amides is 1. The van der Waals surface area contributed by atoms with Gasteiger partial charge in [0.1, 0.15) is 0 Å². The lowest BCUT2D eigenvalue weighted by molar-refractivity contribution is -0.133. The number of carbonyl (C=O) groups is 1. The van der Waals surface area contributed by atoms with Crippen LogP contribution in [0.15, 0.2) is 18.3 Å². The fraction of sp³-hybridized carbons (Fsp3) is 0.615. The van der Waals surface area contributed by atoms with Gasteiger partial charge in [-0.2, -0.15) is 0 Å². The van der Waals surface area contributed by atoms with E-state index in [1.54, 1.807) is 0 Å². The first-order valence-electron chi connectivity index (χ1n) is 6.18. The van der Waals surface area contributed by atoms with Crippen LogP contribution < -0.4 is 5.32 Å². The van der Waals surface area contributed by atoms with E-state index in [4.69, 9.17) is 4.74 Å². The van der Waals surface area contributed by atoms with Crippen LogP contribution in [-0.4, -0.2) is 23.2 Å². The van der Waals surface area contributed by atoms with Gasteiger partial charge >= 0.3 is 0 Å². The maximum absolute atomic E-state index is 12.0. The number of aromatic nitrogens is 1. The van der Waals surface area contributed by atoms with Gasteiger partial charge in [-0.25, -0.2) is 0 Å². The predicted molar refractivity (Wildman–Crippen MR) is 65.4 cm³/mol. The molecule has 17 heavy (non-hydrogen) atoms. The van der Waals surface area contributed by atoms with Crippen LogP contribution in [0.4, 0.5) is 0 Å². The molecule has 94 valence electrons. The summed E-state index contributed by atoms with van der Waals surface area (Å²) in [7, 11) is 1.98. The van der Waals surface area contributed by atoms with Crippen molar-refractivity contribution in [2.24, 2.45) is 13.0 Å². The molecule has 0 radical (unpaired) electrons. The van der Waals surface area contributed by atoms with Crippen LogP contribution in [0.2, 0.25) is 0 Å². The van der Waals surface area contributed by atoms with Gasteiger partial charge in [0, 0.05) is 25.5 Å². The van der Waals surface area contributed by atoms with E-state index in [9.17, 15) is 4.79 Å². The maximum atomic E-state index is 12.0. The molecule has 4 nitrogen and oxygen atoms in total. The molecular formula is C13H20N2O2. The molecule has 0 bridgehead atoms. The molecule has 2 rings (SSSR count). The molecule has 1 saturated heterocycles. The van der Waals surface area contributed by atoms with Crippen LogP contribution in [0.5, 0.6) is 0 Å². The summed E-state index contributed by atoms with van der Waals surface area (Å²) in [5, 5.41) is 2.99. The van der Waals surface area contributed by atoms with Crippen molar-refractivity contribution < 1.29 is 9.53 Å². The molecule has 2 atom stereocenters. The number of nitrogens with zero attached hydrogens (tertiary/aromatic N) is 1. The van der Waals surface area contributed by atoms with Gasteiger partial charge < -0.3 is 14.6 Å². The van der Waals surface area contributed by atoms with E-state index in [0.717, 1.165) is 25.1 Å². The third kappa shape index (κ3) is 2.88. The second-order valence-corrected chi connectivity index (χ2v) is 4.65. The average molecular weight is 236 g/mol. The zero-order chi connectivity index (χ0) is 12.3. The fourth-order valence-corrected chi connectivity index (χ4v) is 2.26. The topological polar surface area (TPSA) is 43.3 Å². The lowest BCUT2D eigenvalue weighted by Gasteiger charge is -2.28. The molecule has 1 aromatic rings. The van der Waals surface area contributed by atoms with E-state index >= 15 is 0 Å². The quantitative estimate of drug-likeness (QED) is 0.863. The van der Waals surface area contributed by atoms with Crippen molar-refractivity contribution in [2.75, 3.05) is 6.61 Å². The van der Waals surface area contributed by atoms with Crippen molar-refractivity contribution in [3.63, 3.8) is 0 Å². The van der Waals surface area contributed by atoms with Crippen LogP contribution in [0.1, 0.15) is 25.5 Å². The Morgan fingerprint density at radius 1 is 1.65 bits per heavy atom. The van der Waals surface area contributed by atoms with Gasteiger partial charge in [0.05, 0.1) is 18.6 Å². The summed E-state index contributed by atoms with van der Waals surface area (Å²) in [5.41, 5.74) is 1.11. The number of aryl methyl sites for hydroxylation is 1. The summed E-state index contributed by atoms with van der Waals surface area (Å²) in [6, 6.07) is 3.99. The number of carbonyl (C=O) groups excluding carboxylic acids is 1. The van der Waals surface area contributed by atoms with E-state index in [2.05, 4.69) is 5.32 Å². The van der Waals surface area contributed by atoms with E-state index in [1.807, 2.05) is 36.9 Å². The fourth-order valence-electron chi connectivity index (χ4n) is 2.26. The minimum absolute atomic E-state index is 0.00372. The Balaban J connectivity index is 1.86. The highest BCUT2D eigenvalue weighted by Gasteiger charge is 2.28. The number of ether oxygens (including phenoxy) is 1. The Labute approximate surface area is 102 Å². The largest absolute Gasteiger partial charge is 0.378 e. The first kappa shape index (κ1) is 12.2. The van der Waals surface area contributed by atoms with Gasteiger partial charge in [0.2, 0.25) is 5.91 Å². The van der Waals surface area contributed by atoms with E-state index in [-0.39, 0.29) is 17.9 Å². The molecular weight excluding hydrogens is 216 g/mol. The number of rotatable bonds is 3. The van der Waals surface area contributed by atoms with Gasteiger partial charge in [-0.1, -0.05) is 0 Å². The third-order valence-corrected chi connectivity index (χ3v) is 3.44. The lowest BCUT2D eigenvalue weighted by Crippen LogP contribution is -2.40. The average Bonchev–Trinajstić information content (AvgIpc) is 2.72. The molecule has 0 aromatic carbocycles. The van der Waals surface area contributed by atoms with Gasteiger partial charge in [-0.3, -0.25) is 4.79 Å². The minimum Gasteiger partial charge on any atom is -0.378 e. The van der Waals surface area contributed by atoms with E-state index in [0.29, 0.717) is 6.54 Å². The summed E-state index contributed by atoms with van der Waals surface area (Å²) < 4.78 is 7.52. The molecule has 0 aliphatic carbocycles. The third-order valence-electron chi connectivity index (χ3n) is 3.44. The number of nitrogens with one attached hydrogen (secondary N) is 1. The summed E-state index contributed by atoms with van der Waals surface area (Å²) in [5.74, 6) is 0.113. The van der Waals surface area contributed by atoms with Crippen LogP contribution in [0, 0.1) is 5.92 Å². The van der Waals surface area contributed by atoms with Gasteiger partial charge in [0.15, 0.2) is 0 Å². The molecule has 2 unspecified atom stereocenters. The molecule has 1 aliphatic rings. The van der Waals surface area contributed by atoms with Crippen LogP contribution in [0.25, 0.3) is 0 Å².